The molecule has 0 fully saturated rings. The van der Waals surface area contributed by atoms with Gasteiger partial charge in [-0.25, -0.2) is 5.90 Å². The predicted molar refractivity (Wildman–Crippen MR) is 56.6 cm³/mol. The largest absolute Gasteiger partial charge is 0.350 e. The Hall–Kier alpha value is -1.32. The molecule has 0 aliphatic carbocycles. The molecule has 0 spiro atoms. The van der Waals surface area contributed by atoms with E-state index in [1.807, 2.05) is 7.05 Å². The lowest BCUT2D eigenvalue weighted by molar-refractivity contribution is 0.125. The maximum Gasteiger partial charge on any atom is 0.0950 e. The maximum absolute atomic E-state index is 5.10. The minimum absolute atomic E-state index is 0.461. The van der Waals surface area contributed by atoms with Crippen LogP contribution in [0, 0.1) is 6.92 Å². The first-order valence-electron chi connectivity index (χ1n) is 4.59. The first kappa shape index (κ1) is 9.24. The van der Waals surface area contributed by atoms with Crippen LogP contribution in [-0.4, -0.2) is 4.57 Å². The number of aromatic nitrogens is 1. The summed E-state index contributed by atoms with van der Waals surface area (Å²) < 4.78 is 2.09. The Kier molecular flexibility index (Phi) is 2.27. The predicted octanol–water partition coefficient (Wildman–Crippen LogP) is 1.88. The molecule has 0 atom stereocenters. The number of fused-ring (bicyclic) bond motifs is 1. The molecule has 2 N–H and O–H groups in total. The molecule has 2 aromatic rings. The quantitative estimate of drug-likeness (QED) is 0.734. The number of hydrogen-bond donors (Lipinski definition) is 1. The summed E-state index contributed by atoms with van der Waals surface area (Å²) in [5, 5.41) is 1.25. The Bertz CT molecular complexity index is 460. The van der Waals surface area contributed by atoms with Gasteiger partial charge in [-0.05, 0) is 18.6 Å². The topological polar surface area (TPSA) is 40.2 Å². The smallest absolute Gasteiger partial charge is 0.0950 e. The molecule has 1 heterocycles. The van der Waals surface area contributed by atoms with E-state index in [9.17, 15) is 0 Å². The van der Waals surface area contributed by atoms with Crippen LogP contribution in [0.3, 0.4) is 0 Å². The molecule has 0 saturated carbocycles. The lowest BCUT2D eigenvalue weighted by Crippen LogP contribution is -1.98. The third kappa shape index (κ3) is 1.31. The molecule has 3 heteroatoms. The summed E-state index contributed by atoms with van der Waals surface area (Å²) in [6, 6.07) is 6.26. The van der Waals surface area contributed by atoms with E-state index in [2.05, 4.69) is 35.9 Å². The van der Waals surface area contributed by atoms with Gasteiger partial charge in [0, 0.05) is 29.7 Å². The minimum atomic E-state index is 0.461. The SMILES string of the molecule is Cc1cccc2c1c(CON)cn2C. The van der Waals surface area contributed by atoms with Gasteiger partial charge >= 0.3 is 0 Å². The zero-order chi connectivity index (χ0) is 10.1. The molecule has 74 valence electrons. The second-order valence-electron chi connectivity index (χ2n) is 3.55. The molecule has 3 nitrogen and oxygen atoms in total. The van der Waals surface area contributed by atoms with Crippen molar-refractivity contribution in [3.05, 3.63) is 35.5 Å². The van der Waals surface area contributed by atoms with Gasteiger partial charge in [0.1, 0.15) is 0 Å². The van der Waals surface area contributed by atoms with E-state index in [0.29, 0.717) is 6.61 Å². The first-order chi connectivity index (χ1) is 6.74. The van der Waals surface area contributed by atoms with Crippen LogP contribution < -0.4 is 5.90 Å². The molecule has 1 aromatic heterocycles. The van der Waals surface area contributed by atoms with E-state index in [1.165, 1.54) is 16.5 Å². The highest BCUT2D eigenvalue weighted by molar-refractivity contribution is 5.87. The van der Waals surface area contributed by atoms with Crippen LogP contribution in [-0.2, 0) is 18.5 Å². The van der Waals surface area contributed by atoms with Crippen molar-refractivity contribution in [1.29, 1.82) is 0 Å². The zero-order valence-corrected chi connectivity index (χ0v) is 8.45. The highest BCUT2D eigenvalue weighted by Crippen LogP contribution is 2.24. The summed E-state index contributed by atoms with van der Waals surface area (Å²) in [7, 11) is 2.03. The number of nitrogens with two attached hydrogens (primary N) is 1. The van der Waals surface area contributed by atoms with Crippen LogP contribution in [0.2, 0.25) is 0 Å². The van der Waals surface area contributed by atoms with E-state index >= 15 is 0 Å². The van der Waals surface area contributed by atoms with E-state index in [-0.39, 0.29) is 0 Å². The average Bonchev–Trinajstić information content (AvgIpc) is 2.46. The number of benzene rings is 1. The van der Waals surface area contributed by atoms with E-state index in [1.54, 1.807) is 0 Å². The monoisotopic (exact) mass is 190 g/mol. The van der Waals surface area contributed by atoms with Crippen LogP contribution in [0.15, 0.2) is 24.4 Å². The molecule has 0 aliphatic heterocycles. The molecule has 0 unspecified atom stereocenters. The average molecular weight is 190 g/mol. The van der Waals surface area contributed by atoms with Gasteiger partial charge in [-0.15, -0.1) is 0 Å². The molecule has 14 heavy (non-hydrogen) atoms. The van der Waals surface area contributed by atoms with Crippen molar-refractivity contribution in [1.82, 2.24) is 4.57 Å². The summed E-state index contributed by atoms with van der Waals surface area (Å²) in [5.74, 6) is 5.10. The fraction of sp³-hybridized carbons (Fsp3) is 0.273. The molecule has 0 saturated heterocycles. The van der Waals surface area contributed by atoms with Gasteiger partial charge in [0.15, 0.2) is 0 Å². The maximum atomic E-state index is 5.10. The number of rotatable bonds is 2. The molecule has 1 aromatic carbocycles. The molecular weight excluding hydrogens is 176 g/mol. The summed E-state index contributed by atoms with van der Waals surface area (Å²) >= 11 is 0. The van der Waals surface area contributed by atoms with Crippen molar-refractivity contribution >= 4 is 10.9 Å². The fourth-order valence-corrected chi connectivity index (χ4v) is 1.93. The third-order valence-electron chi connectivity index (χ3n) is 2.54. The summed E-state index contributed by atoms with van der Waals surface area (Å²) in [4.78, 5) is 4.69. The standard InChI is InChI=1S/C11H14N2O/c1-8-4-3-5-10-11(8)9(7-14-12)6-13(10)2/h3-6H,7,12H2,1-2H3. The van der Waals surface area contributed by atoms with Crippen LogP contribution in [0.25, 0.3) is 10.9 Å². The van der Waals surface area contributed by atoms with Crippen molar-refractivity contribution < 1.29 is 4.84 Å². The highest BCUT2D eigenvalue weighted by Gasteiger charge is 2.07. The Morgan fingerprint density at radius 2 is 2.21 bits per heavy atom. The van der Waals surface area contributed by atoms with Gasteiger partial charge in [0.05, 0.1) is 6.61 Å². The molecule has 2 rings (SSSR count). The minimum Gasteiger partial charge on any atom is -0.350 e. The normalized spacial score (nSPS) is 11.1. The lowest BCUT2D eigenvalue weighted by atomic mass is 10.1. The van der Waals surface area contributed by atoms with Gasteiger partial charge < -0.3 is 4.57 Å². The van der Waals surface area contributed by atoms with Crippen LogP contribution in [0.4, 0.5) is 0 Å². The fourth-order valence-electron chi connectivity index (χ4n) is 1.93. The summed E-state index contributed by atoms with van der Waals surface area (Å²) in [6.45, 7) is 2.56. The van der Waals surface area contributed by atoms with Crippen molar-refractivity contribution in [2.75, 3.05) is 0 Å². The molecular formula is C11H14N2O. The Labute approximate surface area is 83.0 Å². The zero-order valence-electron chi connectivity index (χ0n) is 8.45. The van der Waals surface area contributed by atoms with Crippen molar-refractivity contribution in [2.45, 2.75) is 13.5 Å². The second kappa shape index (κ2) is 3.44. The summed E-state index contributed by atoms with van der Waals surface area (Å²) in [5.41, 5.74) is 3.62. The molecule has 0 bridgehead atoms. The van der Waals surface area contributed by atoms with E-state index in [4.69, 9.17) is 10.7 Å². The molecule has 0 amide bonds. The third-order valence-corrected chi connectivity index (χ3v) is 2.54. The van der Waals surface area contributed by atoms with E-state index in [0.717, 1.165) is 5.56 Å². The Balaban J connectivity index is 2.72. The van der Waals surface area contributed by atoms with E-state index < -0.39 is 0 Å². The number of nitrogens with zero attached hydrogens (tertiary/aromatic N) is 1. The van der Waals surface area contributed by atoms with Crippen molar-refractivity contribution in [3.8, 4) is 0 Å². The van der Waals surface area contributed by atoms with Gasteiger partial charge in [0.25, 0.3) is 0 Å². The van der Waals surface area contributed by atoms with Gasteiger partial charge in [-0.2, -0.15) is 0 Å². The second-order valence-corrected chi connectivity index (χ2v) is 3.55. The van der Waals surface area contributed by atoms with Gasteiger partial charge in [0.2, 0.25) is 0 Å². The molecule has 0 radical (unpaired) electrons. The van der Waals surface area contributed by atoms with Crippen LogP contribution >= 0.6 is 0 Å². The molecule has 0 aliphatic rings. The highest BCUT2D eigenvalue weighted by atomic mass is 16.6. The Morgan fingerprint density at radius 1 is 1.43 bits per heavy atom. The van der Waals surface area contributed by atoms with Gasteiger partial charge in [-0.1, -0.05) is 12.1 Å². The lowest BCUT2D eigenvalue weighted by Gasteiger charge is -2.00. The summed E-state index contributed by atoms with van der Waals surface area (Å²) in [6.07, 6.45) is 2.06. The van der Waals surface area contributed by atoms with Gasteiger partial charge in [-0.3, -0.25) is 4.84 Å². The van der Waals surface area contributed by atoms with Crippen molar-refractivity contribution in [2.24, 2.45) is 12.9 Å². The first-order valence-corrected chi connectivity index (χ1v) is 4.59. The van der Waals surface area contributed by atoms with Crippen molar-refractivity contribution in [3.63, 3.8) is 0 Å². The number of hydrogen-bond acceptors (Lipinski definition) is 2. The van der Waals surface area contributed by atoms with Crippen LogP contribution in [0.5, 0.6) is 0 Å². The number of aryl methyl sites for hydroxylation is 2. The Morgan fingerprint density at radius 3 is 2.93 bits per heavy atom. The van der Waals surface area contributed by atoms with Crippen LogP contribution in [0.1, 0.15) is 11.1 Å².